The first-order valence-electron chi connectivity index (χ1n) is 7.69. The molecule has 0 fully saturated rings. The lowest BCUT2D eigenvalue weighted by atomic mass is 9.90. The van der Waals surface area contributed by atoms with Crippen molar-refractivity contribution in [1.82, 2.24) is 5.32 Å². The Balaban J connectivity index is 2.07. The van der Waals surface area contributed by atoms with Gasteiger partial charge < -0.3 is 10.2 Å². The van der Waals surface area contributed by atoms with Crippen molar-refractivity contribution < 1.29 is 9.59 Å². The molecule has 2 amide bonds. The van der Waals surface area contributed by atoms with Crippen LogP contribution in [0.5, 0.6) is 0 Å². The summed E-state index contributed by atoms with van der Waals surface area (Å²) in [6.45, 7) is 3.53. The number of hydrogen-bond donors (Lipinski definition) is 1. The van der Waals surface area contributed by atoms with Gasteiger partial charge >= 0.3 is 0 Å². The molecule has 0 spiro atoms. The van der Waals surface area contributed by atoms with Crippen molar-refractivity contribution in [3.63, 3.8) is 0 Å². The molecule has 2 aromatic carbocycles. The molecule has 0 unspecified atom stereocenters. The second-order valence-electron chi connectivity index (χ2n) is 6.10. The van der Waals surface area contributed by atoms with Crippen LogP contribution in [0.3, 0.4) is 0 Å². The number of benzene rings is 2. The minimum atomic E-state index is -1.19. The van der Waals surface area contributed by atoms with Gasteiger partial charge in [-0.2, -0.15) is 0 Å². The van der Waals surface area contributed by atoms with E-state index in [9.17, 15) is 9.59 Å². The van der Waals surface area contributed by atoms with Crippen LogP contribution in [0.25, 0.3) is 0 Å². The molecule has 0 heterocycles. The summed E-state index contributed by atoms with van der Waals surface area (Å²) >= 11 is 6.09. The maximum atomic E-state index is 12.7. The van der Waals surface area contributed by atoms with Crippen molar-refractivity contribution in [2.45, 2.75) is 20.4 Å². The second kappa shape index (κ2) is 7.49. The molecular weight excluding hydrogens is 324 g/mol. The van der Waals surface area contributed by atoms with Gasteiger partial charge in [-0.05, 0) is 37.6 Å². The fourth-order valence-electron chi connectivity index (χ4n) is 2.32. The average molecular weight is 345 g/mol. The van der Waals surface area contributed by atoms with E-state index in [0.717, 1.165) is 11.3 Å². The molecule has 2 aromatic rings. The largest absolute Gasteiger partial charge is 0.351 e. The Morgan fingerprint density at radius 1 is 1.04 bits per heavy atom. The highest BCUT2D eigenvalue weighted by Crippen LogP contribution is 2.23. The van der Waals surface area contributed by atoms with E-state index in [1.807, 2.05) is 48.5 Å². The Labute approximate surface area is 147 Å². The SMILES string of the molecule is CN(C(=O)C(C)(C)C(=O)NCc1ccccc1Cl)c1ccccc1. The predicted molar refractivity (Wildman–Crippen MR) is 96.9 cm³/mol. The minimum Gasteiger partial charge on any atom is -0.351 e. The molecule has 1 N–H and O–H groups in total. The minimum absolute atomic E-state index is 0.273. The molecule has 0 bridgehead atoms. The van der Waals surface area contributed by atoms with E-state index >= 15 is 0 Å². The molecule has 5 heteroatoms. The molecule has 0 saturated carbocycles. The van der Waals surface area contributed by atoms with Gasteiger partial charge in [-0.1, -0.05) is 48.0 Å². The van der Waals surface area contributed by atoms with Gasteiger partial charge in [0, 0.05) is 24.3 Å². The van der Waals surface area contributed by atoms with Gasteiger partial charge in [0.25, 0.3) is 0 Å². The predicted octanol–water partition coefficient (Wildman–Crippen LogP) is 3.65. The molecule has 126 valence electrons. The number of carbonyl (C=O) groups excluding carboxylic acids is 2. The van der Waals surface area contributed by atoms with E-state index in [1.54, 1.807) is 27.0 Å². The van der Waals surface area contributed by atoms with Crippen LogP contribution in [0.1, 0.15) is 19.4 Å². The summed E-state index contributed by atoms with van der Waals surface area (Å²) in [5.41, 5.74) is 0.368. The highest BCUT2D eigenvalue weighted by molar-refractivity contribution is 6.31. The van der Waals surface area contributed by atoms with Crippen LogP contribution in [-0.2, 0) is 16.1 Å². The Kier molecular flexibility index (Phi) is 5.62. The van der Waals surface area contributed by atoms with Gasteiger partial charge in [0.05, 0.1) is 0 Å². The summed E-state index contributed by atoms with van der Waals surface area (Å²) in [4.78, 5) is 26.7. The van der Waals surface area contributed by atoms with Crippen molar-refractivity contribution in [1.29, 1.82) is 0 Å². The molecule has 0 aliphatic carbocycles. The van der Waals surface area contributed by atoms with E-state index in [0.29, 0.717) is 5.02 Å². The topological polar surface area (TPSA) is 49.4 Å². The maximum Gasteiger partial charge on any atom is 0.241 e. The van der Waals surface area contributed by atoms with E-state index in [4.69, 9.17) is 11.6 Å². The van der Waals surface area contributed by atoms with Crippen LogP contribution in [-0.4, -0.2) is 18.9 Å². The number of rotatable bonds is 5. The monoisotopic (exact) mass is 344 g/mol. The average Bonchev–Trinajstić information content (AvgIpc) is 2.60. The highest BCUT2D eigenvalue weighted by atomic mass is 35.5. The molecule has 0 aliphatic rings. The van der Waals surface area contributed by atoms with Crippen LogP contribution in [0, 0.1) is 5.41 Å². The number of hydrogen-bond acceptors (Lipinski definition) is 2. The molecular formula is C19H21ClN2O2. The number of nitrogens with zero attached hydrogens (tertiary/aromatic N) is 1. The first-order chi connectivity index (χ1) is 11.3. The van der Waals surface area contributed by atoms with Crippen LogP contribution in [0.2, 0.25) is 5.02 Å². The summed E-state index contributed by atoms with van der Waals surface area (Å²) in [6, 6.07) is 16.5. The first-order valence-corrected chi connectivity index (χ1v) is 8.06. The van der Waals surface area contributed by atoms with Crippen molar-refractivity contribution in [2.24, 2.45) is 5.41 Å². The van der Waals surface area contributed by atoms with Gasteiger partial charge in [-0.15, -0.1) is 0 Å². The fourth-order valence-corrected chi connectivity index (χ4v) is 2.53. The van der Waals surface area contributed by atoms with Crippen LogP contribution < -0.4 is 10.2 Å². The second-order valence-corrected chi connectivity index (χ2v) is 6.51. The van der Waals surface area contributed by atoms with E-state index in [2.05, 4.69) is 5.32 Å². The van der Waals surface area contributed by atoms with Crippen molar-refractivity contribution in [3.8, 4) is 0 Å². The summed E-state index contributed by atoms with van der Waals surface area (Å²) in [5.74, 6) is -0.611. The summed E-state index contributed by atoms with van der Waals surface area (Å²) < 4.78 is 0. The first kappa shape index (κ1) is 18.0. The van der Waals surface area contributed by atoms with Crippen LogP contribution in [0.15, 0.2) is 54.6 Å². The van der Waals surface area contributed by atoms with Gasteiger partial charge in [-0.3, -0.25) is 9.59 Å². The lowest BCUT2D eigenvalue weighted by Crippen LogP contribution is -2.48. The van der Waals surface area contributed by atoms with E-state index in [-0.39, 0.29) is 18.4 Å². The standard InChI is InChI=1S/C19H21ClN2O2/c1-19(2,18(24)22(3)15-10-5-4-6-11-15)17(23)21-13-14-9-7-8-12-16(14)20/h4-12H,13H2,1-3H3,(H,21,23). The van der Waals surface area contributed by atoms with E-state index in [1.165, 1.54) is 4.90 Å². The van der Waals surface area contributed by atoms with Crippen molar-refractivity contribution in [2.75, 3.05) is 11.9 Å². The third-order valence-corrected chi connectivity index (χ3v) is 4.32. The van der Waals surface area contributed by atoms with Gasteiger partial charge in [0.1, 0.15) is 5.41 Å². The zero-order valence-electron chi connectivity index (χ0n) is 14.0. The Hall–Kier alpha value is -2.33. The number of halogens is 1. The van der Waals surface area contributed by atoms with Crippen LogP contribution >= 0.6 is 11.6 Å². The maximum absolute atomic E-state index is 12.7. The molecule has 2 rings (SSSR count). The number of para-hydroxylation sites is 1. The molecule has 0 aromatic heterocycles. The zero-order chi connectivity index (χ0) is 17.7. The lowest BCUT2D eigenvalue weighted by Gasteiger charge is -2.28. The lowest BCUT2D eigenvalue weighted by molar-refractivity contribution is -0.139. The number of anilines is 1. The number of amides is 2. The van der Waals surface area contributed by atoms with E-state index < -0.39 is 5.41 Å². The summed E-state index contributed by atoms with van der Waals surface area (Å²) in [7, 11) is 1.67. The highest BCUT2D eigenvalue weighted by Gasteiger charge is 2.38. The molecule has 0 atom stereocenters. The third-order valence-electron chi connectivity index (χ3n) is 3.95. The van der Waals surface area contributed by atoms with Gasteiger partial charge in [-0.25, -0.2) is 0 Å². The van der Waals surface area contributed by atoms with Gasteiger partial charge in [0.15, 0.2) is 0 Å². The fraction of sp³-hybridized carbons (Fsp3) is 0.263. The molecule has 24 heavy (non-hydrogen) atoms. The third kappa shape index (κ3) is 3.95. The Bertz CT molecular complexity index is 729. The number of carbonyl (C=O) groups is 2. The molecule has 0 saturated heterocycles. The molecule has 4 nitrogen and oxygen atoms in total. The molecule has 0 radical (unpaired) electrons. The summed E-state index contributed by atoms with van der Waals surface area (Å²) in [5, 5.41) is 3.38. The normalized spacial score (nSPS) is 11.0. The molecule has 0 aliphatic heterocycles. The zero-order valence-corrected chi connectivity index (χ0v) is 14.8. The Morgan fingerprint density at radius 3 is 2.25 bits per heavy atom. The quantitative estimate of drug-likeness (QED) is 0.842. The number of nitrogens with one attached hydrogen (secondary N) is 1. The summed E-state index contributed by atoms with van der Waals surface area (Å²) in [6.07, 6.45) is 0. The van der Waals surface area contributed by atoms with Gasteiger partial charge in [0.2, 0.25) is 11.8 Å². The Morgan fingerprint density at radius 2 is 1.62 bits per heavy atom. The van der Waals surface area contributed by atoms with Crippen molar-refractivity contribution >= 4 is 29.1 Å². The smallest absolute Gasteiger partial charge is 0.241 e. The van der Waals surface area contributed by atoms with Crippen molar-refractivity contribution in [3.05, 3.63) is 65.2 Å². The van der Waals surface area contributed by atoms with Crippen LogP contribution in [0.4, 0.5) is 5.69 Å².